The summed E-state index contributed by atoms with van der Waals surface area (Å²) in [6.07, 6.45) is 1.69. The van der Waals surface area contributed by atoms with Crippen LogP contribution in [0.25, 0.3) is 0 Å². The number of piperidine rings is 1. The molecule has 1 heterocycles. The summed E-state index contributed by atoms with van der Waals surface area (Å²) < 4.78 is 0.703. The zero-order chi connectivity index (χ0) is 14.7. The van der Waals surface area contributed by atoms with Gasteiger partial charge < -0.3 is 15.1 Å². The molecule has 1 unspecified atom stereocenters. The highest BCUT2D eigenvalue weighted by atomic mass is 79.9. The standard InChI is InChI=1S/C14H16BrNO4/c15-10-3-4-11(12(17)7-10)14(20)16-5-1-2-9(8-16)6-13(18)19/h3-4,7,9,17H,1-2,5-6,8H2,(H,18,19). The van der Waals surface area contributed by atoms with E-state index in [0.717, 1.165) is 12.8 Å². The molecule has 1 aliphatic heterocycles. The zero-order valence-corrected chi connectivity index (χ0v) is 12.5. The molecule has 1 saturated heterocycles. The number of aromatic hydroxyl groups is 1. The number of aliphatic carboxylic acids is 1. The summed E-state index contributed by atoms with van der Waals surface area (Å²) >= 11 is 3.23. The van der Waals surface area contributed by atoms with Gasteiger partial charge in [0.2, 0.25) is 0 Å². The Morgan fingerprint density at radius 2 is 2.15 bits per heavy atom. The molecule has 1 atom stereocenters. The van der Waals surface area contributed by atoms with E-state index in [1.807, 2.05) is 0 Å². The van der Waals surface area contributed by atoms with Gasteiger partial charge in [-0.25, -0.2) is 0 Å². The fourth-order valence-electron chi connectivity index (χ4n) is 2.52. The lowest BCUT2D eigenvalue weighted by atomic mass is 9.94. The summed E-state index contributed by atoms with van der Waals surface area (Å²) in [7, 11) is 0. The van der Waals surface area contributed by atoms with E-state index in [-0.39, 0.29) is 29.6 Å². The smallest absolute Gasteiger partial charge is 0.303 e. The van der Waals surface area contributed by atoms with Crippen LogP contribution in [0.3, 0.4) is 0 Å². The molecule has 0 saturated carbocycles. The van der Waals surface area contributed by atoms with Crippen molar-refractivity contribution in [1.29, 1.82) is 0 Å². The summed E-state index contributed by atoms with van der Waals surface area (Å²) in [5.74, 6) is -1.16. The van der Waals surface area contributed by atoms with Gasteiger partial charge >= 0.3 is 5.97 Å². The van der Waals surface area contributed by atoms with Crippen molar-refractivity contribution in [3.63, 3.8) is 0 Å². The van der Waals surface area contributed by atoms with Crippen LogP contribution in [0.4, 0.5) is 0 Å². The number of carbonyl (C=O) groups is 2. The van der Waals surface area contributed by atoms with Gasteiger partial charge in [-0.15, -0.1) is 0 Å². The van der Waals surface area contributed by atoms with E-state index in [1.54, 1.807) is 17.0 Å². The fourth-order valence-corrected chi connectivity index (χ4v) is 2.87. The molecule has 5 nitrogen and oxygen atoms in total. The average molecular weight is 342 g/mol. The molecular formula is C14H16BrNO4. The van der Waals surface area contributed by atoms with Crippen LogP contribution in [0, 0.1) is 5.92 Å². The molecule has 0 aromatic heterocycles. The first kappa shape index (κ1) is 14.8. The van der Waals surface area contributed by atoms with Crippen LogP contribution < -0.4 is 0 Å². The molecule has 1 aromatic rings. The van der Waals surface area contributed by atoms with Crippen LogP contribution in [0.2, 0.25) is 0 Å². The lowest BCUT2D eigenvalue weighted by Gasteiger charge is -2.32. The molecule has 1 amide bonds. The van der Waals surface area contributed by atoms with Crippen LogP contribution in [0.1, 0.15) is 29.6 Å². The van der Waals surface area contributed by atoms with Gasteiger partial charge in [0.1, 0.15) is 5.75 Å². The second-order valence-electron chi connectivity index (χ2n) is 5.02. The van der Waals surface area contributed by atoms with Crippen molar-refractivity contribution in [2.24, 2.45) is 5.92 Å². The minimum absolute atomic E-state index is 0.0113. The molecular weight excluding hydrogens is 326 g/mol. The maximum atomic E-state index is 12.4. The number of hydrogen-bond acceptors (Lipinski definition) is 3. The molecule has 1 aromatic carbocycles. The first-order valence-corrected chi connectivity index (χ1v) is 7.26. The number of phenolic OH excluding ortho intramolecular Hbond substituents is 1. The number of carboxylic acid groups (broad SMARTS) is 1. The van der Waals surface area contributed by atoms with E-state index in [9.17, 15) is 14.7 Å². The second-order valence-corrected chi connectivity index (χ2v) is 5.93. The van der Waals surface area contributed by atoms with Crippen molar-refractivity contribution in [3.05, 3.63) is 28.2 Å². The Labute approximate surface area is 125 Å². The van der Waals surface area contributed by atoms with Crippen LogP contribution in [0.5, 0.6) is 5.75 Å². The fraction of sp³-hybridized carbons (Fsp3) is 0.429. The third kappa shape index (κ3) is 3.50. The van der Waals surface area contributed by atoms with Gasteiger partial charge in [0, 0.05) is 24.0 Å². The Kier molecular flexibility index (Phi) is 4.65. The summed E-state index contributed by atoms with van der Waals surface area (Å²) in [5, 5.41) is 18.7. The van der Waals surface area contributed by atoms with Crippen LogP contribution in [-0.4, -0.2) is 40.1 Å². The van der Waals surface area contributed by atoms with Crippen molar-refractivity contribution in [2.45, 2.75) is 19.3 Å². The van der Waals surface area contributed by atoms with Crippen LogP contribution >= 0.6 is 15.9 Å². The number of amides is 1. The summed E-state index contributed by atoms with van der Waals surface area (Å²) in [6, 6.07) is 4.75. The first-order valence-electron chi connectivity index (χ1n) is 6.47. The van der Waals surface area contributed by atoms with E-state index in [4.69, 9.17) is 5.11 Å². The lowest BCUT2D eigenvalue weighted by Crippen LogP contribution is -2.40. The van der Waals surface area contributed by atoms with Crippen molar-refractivity contribution in [2.75, 3.05) is 13.1 Å². The topological polar surface area (TPSA) is 77.8 Å². The Morgan fingerprint density at radius 1 is 1.40 bits per heavy atom. The van der Waals surface area contributed by atoms with Crippen molar-refractivity contribution >= 4 is 27.8 Å². The van der Waals surface area contributed by atoms with E-state index in [2.05, 4.69) is 15.9 Å². The van der Waals surface area contributed by atoms with E-state index in [1.165, 1.54) is 6.07 Å². The molecule has 2 N–H and O–H groups in total. The van der Waals surface area contributed by atoms with Crippen LogP contribution in [-0.2, 0) is 4.79 Å². The van der Waals surface area contributed by atoms with E-state index >= 15 is 0 Å². The first-order chi connectivity index (χ1) is 9.47. The number of hydrogen-bond donors (Lipinski definition) is 2. The van der Waals surface area contributed by atoms with Crippen LogP contribution in [0.15, 0.2) is 22.7 Å². The van der Waals surface area contributed by atoms with Crippen molar-refractivity contribution in [1.82, 2.24) is 4.90 Å². The van der Waals surface area contributed by atoms with Crippen molar-refractivity contribution < 1.29 is 19.8 Å². The summed E-state index contributed by atoms with van der Waals surface area (Å²) in [5.41, 5.74) is 0.254. The highest BCUT2D eigenvalue weighted by Crippen LogP contribution is 2.26. The minimum atomic E-state index is -0.837. The third-order valence-corrected chi connectivity index (χ3v) is 3.95. The number of carboxylic acids is 1. The normalized spacial score (nSPS) is 18.9. The number of halogens is 1. The highest BCUT2D eigenvalue weighted by molar-refractivity contribution is 9.10. The number of rotatable bonds is 3. The molecule has 0 spiro atoms. The van der Waals surface area contributed by atoms with Crippen molar-refractivity contribution in [3.8, 4) is 5.75 Å². The molecule has 1 aliphatic rings. The summed E-state index contributed by atoms with van der Waals surface area (Å²) in [6.45, 7) is 1.03. The number of carbonyl (C=O) groups excluding carboxylic acids is 1. The van der Waals surface area contributed by atoms with E-state index in [0.29, 0.717) is 17.6 Å². The molecule has 108 valence electrons. The van der Waals surface area contributed by atoms with Gasteiger partial charge in [0.25, 0.3) is 5.91 Å². The molecule has 6 heteroatoms. The maximum Gasteiger partial charge on any atom is 0.303 e. The Bertz CT molecular complexity index is 532. The van der Waals surface area contributed by atoms with Gasteiger partial charge in [0.15, 0.2) is 0 Å². The van der Waals surface area contributed by atoms with Gasteiger partial charge in [-0.1, -0.05) is 15.9 Å². The molecule has 0 aliphatic carbocycles. The predicted molar refractivity (Wildman–Crippen MR) is 76.7 cm³/mol. The second kappa shape index (κ2) is 6.26. The Balaban J connectivity index is 2.10. The quantitative estimate of drug-likeness (QED) is 0.885. The largest absolute Gasteiger partial charge is 0.507 e. The van der Waals surface area contributed by atoms with E-state index < -0.39 is 5.97 Å². The highest BCUT2D eigenvalue weighted by Gasteiger charge is 2.27. The average Bonchev–Trinajstić information content (AvgIpc) is 2.37. The monoisotopic (exact) mass is 341 g/mol. The Morgan fingerprint density at radius 3 is 2.80 bits per heavy atom. The maximum absolute atomic E-state index is 12.4. The molecule has 20 heavy (non-hydrogen) atoms. The third-order valence-electron chi connectivity index (χ3n) is 3.46. The Hall–Kier alpha value is -1.56. The molecule has 1 fully saturated rings. The van der Waals surface area contributed by atoms with Gasteiger partial charge in [-0.2, -0.15) is 0 Å². The lowest BCUT2D eigenvalue weighted by molar-refractivity contribution is -0.138. The number of likely N-dealkylation sites (tertiary alicyclic amines) is 1. The number of nitrogens with zero attached hydrogens (tertiary/aromatic N) is 1. The molecule has 0 radical (unpaired) electrons. The van der Waals surface area contributed by atoms with Gasteiger partial charge in [-0.05, 0) is 37.0 Å². The summed E-state index contributed by atoms with van der Waals surface area (Å²) in [4.78, 5) is 24.7. The predicted octanol–water partition coefficient (Wildman–Crippen LogP) is 2.48. The van der Waals surface area contributed by atoms with Gasteiger partial charge in [-0.3, -0.25) is 9.59 Å². The van der Waals surface area contributed by atoms with Gasteiger partial charge in [0.05, 0.1) is 5.56 Å². The molecule has 2 rings (SSSR count). The number of benzene rings is 1. The zero-order valence-electron chi connectivity index (χ0n) is 10.9. The number of phenols is 1. The SMILES string of the molecule is O=C(O)CC1CCCN(C(=O)c2ccc(Br)cc2O)C1. The molecule has 0 bridgehead atoms. The minimum Gasteiger partial charge on any atom is -0.507 e.